The van der Waals surface area contributed by atoms with E-state index in [4.69, 9.17) is 16.3 Å². The van der Waals surface area contributed by atoms with Crippen molar-refractivity contribution in [3.05, 3.63) is 34.9 Å². The van der Waals surface area contributed by atoms with Gasteiger partial charge in [-0.05, 0) is 37.2 Å². The Bertz CT molecular complexity index is 405. The van der Waals surface area contributed by atoms with E-state index in [-0.39, 0.29) is 17.8 Å². The van der Waals surface area contributed by atoms with E-state index in [2.05, 4.69) is 11.8 Å². The molecule has 1 unspecified atom stereocenters. The van der Waals surface area contributed by atoms with Crippen molar-refractivity contribution in [2.45, 2.75) is 19.8 Å². The van der Waals surface area contributed by atoms with Crippen molar-refractivity contribution in [1.29, 1.82) is 0 Å². The molecule has 4 heteroatoms. The Kier molecular flexibility index (Phi) is 6.32. The second-order valence-electron chi connectivity index (χ2n) is 4.82. The summed E-state index contributed by atoms with van der Waals surface area (Å²) < 4.78 is 4.93. The van der Waals surface area contributed by atoms with Gasteiger partial charge in [0.15, 0.2) is 0 Å². The summed E-state index contributed by atoms with van der Waals surface area (Å²) in [5, 5.41) is 0.705. The Morgan fingerprint density at radius 2 is 1.95 bits per heavy atom. The van der Waals surface area contributed by atoms with Gasteiger partial charge in [0.2, 0.25) is 0 Å². The van der Waals surface area contributed by atoms with E-state index >= 15 is 0 Å². The van der Waals surface area contributed by atoms with E-state index in [0.29, 0.717) is 11.6 Å². The van der Waals surface area contributed by atoms with Crippen LogP contribution in [0.2, 0.25) is 5.02 Å². The van der Waals surface area contributed by atoms with E-state index in [0.717, 1.165) is 12.1 Å². The molecule has 0 saturated carbocycles. The lowest BCUT2D eigenvalue weighted by molar-refractivity contribution is -0.146. The lowest BCUT2D eigenvalue weighted by Gasteiger charge is -2.26. The highest BCUT2D eigenvalue weighted by Crippen LogP contribution is 2.27. The summed E-state index contributed by atoms with van der Waals surface area (Å²) in [6.45, 7) is 5.71. The maximum absolute atomic E-state index is 12.0. The molecule has 19 heavy (non-hydrogen) atoms. The lowest BCUT2D eigenvalue weighted by Crippen LogP contribution is -2.34. The zero-order valence-electron chi connectivity index (χ0n) is 12.0. The predicted octanol–water partition coefficient (Wildman–Crippen LogP) is 3.18. The molecular weight excluding hydrogens is 262 g/mol. The van der Waals surface area contributed by atoms with Gasteiger partial charge in [-0.25, -0.2) is 0 Å². The number of hydrogen-bond donors (Lipinski definition) is 0. The van der Waals surface area contributed by atoms with Crippen LogP contribution in [-0.4, -0.2) is 38.1 Å². The first-order chi connectivity index (χ1) is 8.99. The highest BCUT2D eigenvalue weighted by molar-refractivity contribution is 6.30. The molecule has 0 bridgehead atoms. The van der Waals surface area contributed by atoms with E-state index in [1.807, 2.05) is 38.2 Å². The highest BCUT2D eigenvalue weighted by atomic mass is 35.5. The maximum Gasteiger partial charge on any atom is 0.310 e. The summed E-state index contributed by atoms with van der Waals surface area (Å²) in [7, 11) is 3.44. The number of carbonyl (C=O) groups excluding carboxylic acids is 1. The third-order valence-electron chi connectivity index (χ3n) is 3.55. The minimum absolute atomic E-state index is 0.0960. The molecule has 0 amide bonds. The molecule has 0 N–H and O–H groups in total. The molecule has 0 fully saturated rings. The Balaban J connectivity index is 2.90. The van der Waals surface area contributed by atoms with Gasteiger partial charge in [-0.2, -0.15) is 0 Å². The van der Waals surface area contributed by atoms with Gasteiger partial charge in [0.1, 0.15) is 0 Å². The second-order valence-corrected chi connectivity index (χ2v) is 5.26. The second kappa shape index (κ2) is 7.51. The number of nitrogens with zero attached hydrogens (tertiary/aromatic N) is 1. The van der Waals surface area contributed by atoms with Crippen LogP contribution in [0.3, 0.4) is 0 Å². The minimum atomic E-state index is -0.170. The number of halogens is 1. The number of benzene rings is 1. The molecule has 0 radical (unpaired) electrons. The Morgan fingerprint density at radius 3 is 2.42 bits per heavy atom. The number of carbonyl (C=O) groups is 1. The summed E-state index contributed by atoms with van der Waals surface area (Å²) in [5.74, 6) is -0.238. The SMILES string of the molecule is CCN(C)CC(C(=O)OC)[C@@H](C)c1ccc(Cl)cc1. The van der Waals surface area contributed by atoms with Gasteiger partial charge in [-0.3, -0.25) is 4.79 Å². The van der Waals surface area contributed by atoms with Crippen LogP contribution in [0.4, 0.5) is 0 Å². The summed E-state index contributed by atoms with van der Waals surface area (Å²) >= 11 is 5.89. The Labute approximate surface area is 120 Å². The normalized spacial score (nSPS) is 14.2. The molecule has 2 atom stereocenters. The van der Waals surface area contributed by atoms with Gasteiger partial charge >= 0.3 is 5.97 Å². The first-order valence-corrected chi connectivity index (χ1v) is 6.89. The van der Waals surface area contributed by atoms with Crippen molar-refractivity contribution in [2.24, 2.45) is 5.92 Å². The molecule has 0 aliphatic rings. The van der Waals surface area contributed by atoms with Crippen molar-refractivity contribution >= 4 is 17.6 Å². The van der Waals surface area contributed by atoms with Crippen LogP contribution in [-0.2, 0) is 9.53 Å². The van der Waals surface area contributed by atoms with E-state index < -0.39 is 0 Å². The molecule has 106 valence electrons. The van der Waals surface area contributed by atoms with Gasteiger partial charge in [0.05, 0.1) is 13.0 Å². The van der Waals surface area contributed by atoms with Crippen molar-refractivity contribution < 1.29 is 9.53 Å². The zero-order valence-corrected chi connectivity index (χ0v) is 12.8. The average molecular weight is 284 g/mol. The molecule has 1 aromatic rings. The van der Waals surface area contributed by atoms with Crippen LogP contribution in [0, 0.1) is 5.92 Å². The number of esters is 1. The molecule has 0 aromatic heterocycles. The van der Waals surface area contributed by atoms with Crippen LogP contribution in [0.1, 0.15) is 25.3 Å². The van der Waals surface area contributed by atoms with Gasteiger partial charge in [0.25, 0.3) is 0 Å². The number of rotatable bonds is 6. The van der Waals surface area contributed by atoms with Gasteiger partial charge in [-0.15, -0.1) is 0 Å². The Morgan fingerprint density at radius 1 is 1.37 bits per heavy atom. The number of hydrogen-bond acceptors (Lipinski definition) is 3. The van der Waals surface area contributed by atoms with Crippen molar-refractivity contribution in [2.75, 3.05) is 27.2 Å². The molecule has 0 aliphatic heterocycles. The van der Waals surface area contributed by atoms with Crippen LogP contribution >= 0.6 is 11.6 Å². The molecule has 0 aliphatic carbocycles. The third kappa shape index (κ3) is 4.51. The predicted molar refractivity (Wildman–Crippen MR) is 78.5 cm³/mol. The monoisotopic (exact) mass is 283 g/mol. The maximum atomic E-state index is 12.0. The first kappa shape index (κ1) is 16.0. The van der Waals surface area contributed by atoms with Gasteiger partial charge in [-0.1, -0.05) is 37.6 Å². The van der Waals surface area contributed by atoms with Crippen molar-refractivity contribution in [3.63, 3.8) is 0 Å². The van der Waals surface area contributed by atoms with E-state index in [1.54, 1.807) is 0 Å². The summed E-state index contributed by atoms with van der Waals surface area (Å²) in [4.78, 5) is 14.1. The summed E-state index contributed by atoms with van der Waals surface area (Å²) in [6, 6.07) is 7.64. The van der Waals surface area contributed by atoms with Crippen LogP contribution in [0.15, 0.2) is 24.3 Å². The van der Waals surface area contributed by atoms with Crippen LogP contribution < -0.4 is 0 Å². The average Bonchev–Trinajstić information content (AvgIpc) is 2.43. The molecule has 1 rings (SSSR count). The topological polar surface area (TPSA) is 29.5 Å². The fourth-order valence-electron chi connectivity index (χ4n) is 2.05. The minimum Gasteiger partial charge on any atom is -0.469 e. The number of ether oxygens (including phenoxy) is 1. The van der Waals surface area contributed by atoms with E-state index in [9.17, 15) is 4.79 Å². The van der Waals surface area contributed by atoms with Gasteiger partial charge < -0.3 is 9.64 Å². The fraction of sp³-hybridized carbons (Fsp3) is 0.533. The highest BCUT2D eigenvalue weighted by Gasteiger charge is 2.28. The fourth-order valence-corrected chi connectivity index (χ4v) is 2.18. The Hall–Kier alpha value is -1.06. The summed E-state index contributed by atoms with van der Waals surface area (Å²) in [6.07, 6.45) is 0. The summed E-state index contributed by atoms with van der Waals surface area (Å²) in [5.41, 5.74) is 1.10. The molecular formula is C15H22ClNO2. The molecule has 3 nitrogen and oxygen atoms in total. The van der Waals surface area contributed by atoms with Crippen LogP contribution in [0.5, 0.6) is 0 Å². The third-order valence-corrected chi connectivity index (χ3v) is 3.80. The smallest absolute Gasteiger partial charge is 0.310 e. The van der Waals surface area contributed by atoms with Crippen molar-refractivity contribution in [1.82, 2.24) is 4.90 Å². The van der Waals surface area contributed by atoms with E-state index in [1.165, 1.54) is 7.11 Å². The molecule has 0 saturated heterocycles. The quantitative estimate of drug-likeness (QED) is 0.751. The lowest BCUT2D eigenvalue weighted by atomic mass is 9.87. The largest absolute Gasteiger partial charge is 0.469 e. The molecule has 0 spiro atoms. The van der Waals surface area contributed by atoms with Gasteiger partial charge in [0, 0.05) is 11.6 Å². The van der Waals surface area contributed by atoms with Crippen LogP contribution in [0.25, 0.3) is 0 Å². The van der Waals surface area contributed by atoms with Crippen molar-refractivity contribution in [3.8, 4) is 0 Å². The first-order valence-electron chi connectivity index (χ1n) is 6.51. The standard InChI is InChI=1S/C15H22ClNO2/c1-5-17(3)10-14(15(18)19-4)11(2)12-6-8-13(16)9-7-12/h6-9,11,14H,5,10H2,1-4H3/t11-,14?/m0/s1. The number of methoxy groups -OCH3 is 1. The zero-order chi connectivity index (χ0) is 14.4. The molecule has 1 aromatic carbocycles. The molecule has 0 heterocycles.